The number of rotatable bonds is 3. The van der Waals surface area contributed by atoms with Crippen molar-refractivity contribution >= 4 is 11.9 Å². The molecule has 2 fully saturated rings. The Balaban J connectivity index is 1.83. The maximum absolute atomic E-state index is 11.9. The molecule has 0 aromatic carbocycles. The van der Waals surface area contributed by atoms with Crippen LogP contribution in [0.4, 0.5) is 0 Å². The van der Waals surface area contributed by atoms with E-state index in [2.05, 4.69) is 0 Å². The SMILES string of the molecule is CC(C)CC(=O)N1CCC2(CC1)CC2C(=O)O. The summed E-state index contributed by atoms with van der Waals surface area (Å²) in [5, 5.41) is 8.98. The number of carbonyl (C=O) groups is 2. The van der Waals surface area contributed by atoms with Crippen LogP contribution in [0.3, 0.4) is 0 Å². The molecule has 0 bridgehead atoms. The van der Waals surface area contributed by atoms with Crippen LogP contribution in [0.5, 0.6) is 0 Å². The van der Waals surface area contributed by atoms with Gasteiger partial charge in [-0.15, -0.1) is 0 Å². The fourth-order valence-corrected chi connectivity index (χ4v) is 2.93. The van der Waals surface area contributed by atoms with E-state index < -0.39 is 5.97 Å². The molecule has 0 aromatic heterocycles. The highest BCUT2D eigenvalue weighted by molar-refractivity contribution is 5.77. The van der Waals surface area contributed by atoms with Gasteiger partial charge in [0.05, 0.1) is 5.92 Å². The van der Waals surface area contributed by atoms with E-state index in [9.17, 15) is 9.59 Å². The highest BCUT2D eigenvalue weighted by Crippen LogP contribution is 2.59. The van der Waals surface area contributed by atoms with E-state index in [1.807, 2.05) is 18.7 Å². The molecule has 2 aliphatic rings. The quantitative estimate of drug-likeness (QED) is 0.816. The molecule has 1 unspecified atom stereocenters. The van der Waals surface area contributed by atoms with Gasteiger partial charge >= 0.3 is 5.97 Å². The number of amides is 1. The molecule has 0 radical (unpaired) electrons. The summed E-state index contributed by atoms with van der Waals surface area (Å²) >= 11 is 0. The second-order valence-electron chi connectivity index (χ2n) is 5.94. The molecule has 1 spiro atoms. The average Bonchev–Trinajstić information content (AvgIpc) is 2.92. The predicted octanol–water partition coefficient (Wildman–Crippen LogP) is 1.75. The zero-order valence-electron chi connectivity index (χ0n) is 10.6. The maximum Gasteiger partial charge on any atom is 0.307 e. The molecular formula is C13H21NO3. The Bertz CT molecular complexity index is 330. The molecule has 1 saturated heterocycles. The van der Waals surface area contributed by atoms with E-state index in [4.69, 9.17) is 5.11 Å². The molecule has 1 aliphatic heterocycles. The van der Waals surface area contributed by atoms with Crippen molar-refractivity contribution in [2.75, 3.05) is 13.1 Å². The van der Waals surface area contributed by atoms with Crippen LogP contribution < -0.4 is 0 Å². The number of carboxylic acid groups (broad SMARTS) is 1. The van der Waals surface area contributed by atoms with Gasteiger partial charge in [0.2, 0.25) is 5.91 Å². The lowest BCUT2D eigenvalue weighted by Crippen LogP contribution is -2.40. The first kappa shape index (κ1) is 12.4. The van der Waals surface area contributed by atoms with Gasteiger partial charge in [0.25, 0.3) is 0 Å². The summed E-state index contributed by atoms with van der Waals surface area (Å²) in [6, 6.07) is 0. The van der Waals surface area contributed by atoms with Crippen LogP contribution >= 0.6 is 0 Å². The van der Waals surface area contributed by atoms with E-state index in [0.717, 1.165) is 32.4 Å². The second kappa shape index (κ2) is 4.31. The van der Waals surface area contributed by atoms with Crippen LogP contribution in [-0.2, 0) is 9.59 Å². The van der Waals surface area contributed by atoms with E-state index in [1.54, 1.807) is 0 Å². The molecule has 17 heavy (non-hydrogen) atoms. The topological polar surface area (TPSA) is 57.6 Å². The van der Waals surface area contributed by atoms with Crippen LogP contribution in [0, 0.1) is 17.3 Å². The minimum absolute atomic E-state index is 0.0282. The van der Waals surface area contributed by atoms with Gasteiger partial charge in [-0.3, -0.25) is 9.59 Å². The summed E-state index contributed by atoms with van der Waals surface area (Å²) in [4.78, 5) is 24.7. The first-order valence-electron chi connectivity index (χ1n) is 6.45. The standard InChI is InChI=1S/C13H21NO3/c1-9(2)7-11(15)14-5-3-13(4-6-14)8-10(13)12(16)17/h9-10H,3-8H2,1-2H3,(H,16,17). The molecule has 1 N–H and O–H groups in total. The van der Waals surface area contributed by atoms with Crippen molar-refractivity contribution in [3.8, 4) is 0 Å². The van der Waals surface area contributed by atoms with Gasteiger partial charge in [0.15, 0.2) is 0 Å². The third-order valence-corrected chi connectivity index (χ3v) is 4.18. The Morgan fingerprint density at radius 1 is 1.35 bits per heavy atom. The van der Waals surface area contributed by atoms with Crippen LogP contribution in [-0.4, -0.2) is 35.0 Å². The molecule has 1 atom stereocenters. The summed E-state index contributed by atoms with van der Waals surface area (Å²) in [6.45, 7) is 5.58. The monoisotopic (exact) mass is 239 g/mol. The fourth-order valence-electron chi connectivity index (χ4n) is 2.93. The zero-order chi connectivity index (χ0) is 12.6. The summed E-state index contributed by atoms with van der Waals surface area (Å²) < 4.78 is 0. The first-order valence-corrected chi connectivity index (χ1v) is 6.45. The van der Waals surface area contributed by atoms with Crippen molar-refractivity contribution in [1.29, 1.82) is 0 Å². The maximum atomic E-state index is 11.9. The van der Waals surface area contributed by atoms with Gasteiger partial charge in [0.1, 0.15) is 0 Å². The molecule has 2 rings (SSSR count). The van der Waals surface area contributed by atoms with Gasteiger partial charge in [-0.25, -0.2) is 0 Å². The van der Waals surface area contributed by atoms with Crippen molar-refractivity contribution < 1.29 is 14.7 Å². The molecule has 1 saturated carbocycles. The number of carbonyl (C=O) groups excluding carboxylic acids is 1. The Hall–Kier alpha value is -1.06. The Labute approximate surface area is 102 Å². The number of hydrogen-bond acceptors (Lipinski definition) is 2. The number of piperidine rings is 1. The Morgan fingerprint density at radius 2 is 1.94 bits per heavy atom. The van der Waals surface area contributed by atoms with Crippen LogP contribution in [0.25, 0.3) is 0 Å². The van der Waals surface area contributed by atoms with Gasteiger partial charge in [0, 0.05) is 19.5 Å². The molecule has 1 aliphatic carbocycles. The second-order valence-corrected chi connectivity index (χ2v) is 5.94. The predicted molar refractivity (Wildman–Crippen MR) is 63.4 cm³/mol. The van der Waals surface area contributed by atoms with E-state index >= 15 is 0 Å². The molecule has 0 aromatic rings. The number of hydrogen-bond donors (Lipinski definition) is 1. The van der Waals surface area contributed by atoms with Gasteiger partial charge < -0.3 is 10.0 Å². The molecule has 4 heteroatoms. The number of carboxylic acids is 1. The van der Waals surface area contributed by atoms with E-state index in [-0.39, 0.29) is 17.2 Å². The summed E-state index contributed by atoms with van der Waals surface area (Å²) in [6.07, 6.45) is 3.16. The molecule has 96 valence electrons. The lowest BCUT2D eigenvalue weighted by molar-refractivity contribution is -0.139. The minimum atomic E-state index is -0.660. The van der Waals surface area contributed by atoms with E-state index in [1.165, 1.54) is 0 Å². The Morgan fingerprint density at radius 3 is 2.35 bits per heavy atom. The van der Waals surface area contributed by atoms with Crippen molar-refractivity contribution in [2.24, 2.45) is 17.3 Å². The van der Waals surface area contributed by atoms with Crippen molar-refractivity contribution in [3.05, 3.63) is 0 Å². The van der Waals surface area contributed by atoms with Gasteiger partial charge in [-0.1, -0.05) is 13.8 Å². The third-order valence-electron chi connectivity index (χ3n) is 4.18. The lowest BCUT2D eigenvalue weighted by Gasteiger charge is -2.33. The van der Waals surface area contributed by atoms with Crippen molar-refractivity contribution in [3.63, 3.8) is 0 Å². The van der Waals surface area contributed by atoms with Gasteiger partial charge in [-0.2, -0.15) is 0 Å². The number of nitrogens with zero attached hydrogens (tertiary/aromatic N) is 1. The number of aliphatic carboxylic acids is 1. The Kier molecular flexibility index (Phi) is 3.15. The molecule has 1 heterocycles. The normalized spacial score (nSPS) is 26.3. The lowest BCUT2D eigenvalue weighted by atomic mass is 9.90. The summed E-state index contributed by atoms with van der Waals surface area (Å²) in [7, 11) is 0. The largest absolute Gasteiger partial charge is 0.481 e. The van der Waals surface area contributed by atoms with Gasteiger partial charge in [-0.05, 0) is 30.6 Å². The average molecular weight is 239 g/mol. The molecule has 4 nitrogen and oxygen atoms in total. The van der Waals surface area contributed by atoms with E-state index in [0.29, 0.717) is 12.3 Å². The van der Waals surface area contributed by atoms with Crippen molar-refractivity contribution in [1.82, 2.24) is 4.90 Å². The first-order chi connectivity index (χ1) is 7.94. The third kappa shape index (κ3) is 2.45. The zero-order valence-corrected chi connectivity index (χ0v) is 10.6. The van der Waals surface area contributed by atoms with Crippen LogP contribution in [0.1, 0.15) is 39.5 Å². The summed E-state index contributed by atoms with van der Waals surface area (Å²) in [5.41, 5.74) is 0.0282. The highest BCUT2D eigenvalue weighted by atomic mass is 16.4. The van der Waals surface area contributed by atoms with Crippen LogP contribution in [0.2, 0.25) is 0 Å². The number of likely N-dealkylation sites (tertiary alicyclic amines) is 1. The smallest absolute Gasteiger partial charge is 0.307 e. The summed E-state index contributed by atoms with van der Waals surface area (Å²) in [5.74, 6) is -0.190. The highest BCUT2D eigenvalue weighted by Gasteiger charge is 2.59. The molecular weight excluding hydrogens is 218 g/mol. The van der Waals surface area contributed by atoms with Crippen LogP contribution in [0.15, 0.2) is 0 Å². The fraction of sp³-hybridized carbons (Fsp3) is 0.846. The minimum Gasteiger partial charge on any atom is -0.481 e. The van der Waals surface area contributed by atoms with Crippen molar-refractivity contribution in [2.45, 2.75) is 39.5 Å². The molecule has 1 amide bonds.